The summed E-state index contributed by atoms with van der Waals surface area (Å²) >= 11 is 0. The normalized spacial score (nSPS) is 17.6. The fourth-order valence-corrected chi connectivity index (χ4v) is 5.68. The number of carbonyl (C=O) groups is 1. The van der Waals surface area contributed by atoms with Crippen molar-refractivity contribution in [3.05, 3.63) is 54.2 Å². The Labute approximate surface area is 230 Å². The van der Waals surface area contributed by atoms with Crippen LogP contribution in [-0.4, -0.2) is 47.4 Å². The number of hydrogen-bond donors (Lipinski definition) is 3. The van der Waals surface area contributed by atoms with E-state index in [1.807, 2.05) is 12.1 Å². The maximum absolute atomic E-state index is 13.3. The van der Waals surface area contributed by atoms with Gasteiger partial charge in [0.1, 0.15) is 17.5 Å². The fourth-order valence-electron chi connectivity index (χ4n) is 4.74. The van der Waals surface area contributed by atoms with Gasteiger partial charge in [-0.2, -0.15) is 8.42 Å². The molecular weight excluding hydrogens is 502 g/mol. The molecule has 11 heteroatoms. The third kappa shape index (κ3) is 5.88. The van der Waals surface area contributed by atoms with E-state index in [1.54, 1.807) is 18.3 Å². The van der Waals surface area contributed by atoms with Crippen molar-refractivity contribution in [2.24, 2.45) is 0 Å². The van der Waals surface area contributed by atoms with Gasteiger partial charge in [0.2, 0.25) is 0 Å². The zero-order chi connectivity index (χ0) is 27.4. The predicted octanol–water partition coefficient (Wildman–Crippen LogP) is 5.20. The average molecular weight is 546 g/mol. The minimum atomic E-state index is -4.23. The molecule has 4 heterocycles. The Morgan fingerprint density at radius 2 is 1.79 bits per heavy atom. The molecule has 1 aliphatic heterocycles. The van der Waals surface area contributed by atoms with Gasteiger partial charge >= 0.3 is 0 Å². The summed E-state index contributed by atoms with van der Waals surface area (Å²) < 4.78 is 27.9. The summed E-state index contributed by atoms with van der Waals surface area (Å²) in [6.45, 7) is 8.42. The van der Waals surface area contributed by atoms with Crippen LogP contribution >= 0.6 is 0 Å². The molecule has 1 amide bonds. The molecule has 0 radical (unpaired) electrons. The van der Waals surface area contributed by atoms with E-state index in [9.17, 15) is 13.2 Å². The van der Waals surface area contributed by atoms with Crippen LogP contribution in [0.4, 0.5) is 17.5 Å². The van der Waals surface area contributed by atoms with Gasteiger partial charge in [-0.3, -0.25) is 4.79 Å². The molecule has 3 aromatic heterocycles. The number of nitrogens with two attached hydrogens (primary N) is 1. The Bertz CT molecular complexity index is 1400. The zero-order valence-electron chi connectivity index (χ0n) is 22.2. The highest BCUT2D eigenvalue weighted by Gasteiger charge is 2.33. The van der Waals surface area contributed by atoms with Gasteiger partial charge in [-0.25, -0.2) is 19.7 Å². The number of carbonyl (C=O) groups excluding carboxylic acids is 1. The summed E-state index contributed by atoms with van der Waals surface area (Å²) in [5, 5.41) is 3.10. The van der Waals surface area contributed by atoms with E-state index in [2.05, 4.69) is 52.6 Å². The summed E-state index contributed by atoms with van der Waals surface area (Å²) in [6.07, 6.45) is 5.65. The Kier molecular flexibility index (Phi) is 8.15. The number of sulfonamides is 1. The number of nitrogen functional groups attached to an aromatic ring is 1. The monoisotopic (exact) mass is 545 g/mol. The Morgan fingerprint density at radius 1 is 1.08 bits per heavy atom. The molecule has 2 atom stereocenters. The van der Waals surface area contributed by atoms with Gasteiger partial charge in [0.25, 0.3) is 15.9 Å². The van der Waals surface area contributed by atoms with Crippen molar-refractivity contribution in [3.8, 4) is 11.3 Å². The first-order valence-electron chi connectivity index (χ1n) is 12.9. The van der Waals surface area contributed by atoms with Crippen molar-refractivity contribution in [1.29, 1.82) is 0 Å². The molecule has 4 N–H and O–H groups in total. The average Bonchev–Trinajstić information content (AvgIpc) is 3.24. The molecule has 0 aromatic carbocycles. The van der Waals surface area contributed by atoms with Crippen molar-refractivity contribution in [2.75, 3.05) is 16.0 Å². The first kappa shape index (κ1) is 27.3. The summed E-state index contributed by atoms with van der Waals surface area (Å²) in [7, 11) is -4.23. The molecule has 0 aliphatic carbocycles. The van der Waals surface area contributed by atoms with E-state index in [-0.39, 0.29) is 34.2 Å². The maximum atomic E-state index is 13.3. The van der Waals surface area contributed by atoms with Crippen molar-refractivity contribution in [1.82, 2.24) is 19.7 Å². The standard InChI is InChI=1S/C27H35N7O3S.4H2/c1-5-20(6-2)30-24-15-12-19(16-29-24)22-14-13-21(26(31-22)34-17(3)10-11-18(34)4)27(35)33-38(36,37)25-9-7-8-23(28)32-25;;;;/h7-9,12-18,20H,5-6,10-11H2,1-4H3,(H2,28,32)(H,29,30)(H,33,35);4*1H/t17-,18+;;;;. The number of hydrogen-bond acceptors (Lipinski definition) is 9. The molecule has 1 fully saturated rings. The van der Waals surface area contributed by atoms with Crippen LogP contribution in [-0.2, 0) is 10.0 Å². The fraction of sp³-hybridized carbons (Fsp3) is 0.407. The van der Waals surface area contributed by atoms with Crippen LogP contribution in [0.25, 0.3) is 11.3 Å². The van der Waals surface area contributed by atoms with Crippen molar-refractivity contribution in [2.45, 2.75) is 76.5 Å². The second-order valence-corrected chi connectivity index (χ2v) is 11.3. The van der Waals surface area contributed by atoms with Crippen LogP contribution < -0.4 is 20.7 Å². The smallest absolute Gasteiger partial charge is 0.281 e. The highest BCUT2D eigenvalue weighted by Crippen LogP contribution is 2.33. The minimum Gasteiger partial charge on any atom is -0.384 e. The van der Waals surface area contributed by atoms with E-state index in [0.29, 0.717) is 17.6 Å². The lowest BCUT2D eigenvalue weighted by Crippen LogP contribution is -2.37. The van der Waals surface area contributed by atoms with Crippen LogP contribution in [0, 0.1) is 0 Å². The first-order valence-corrected chi connectivity index (χ1v) is 14.4. The molecule has 4 rings (SSSR count). The number of nitrogens with one attached hydrogen (secondary N) is 2. The van der Waals surface area contributed by atoms with Crippen molar-refractivity contribution in [3.63, 3.8) is 0 Å². The van der Waals surface area contributed by atoms with Gasteiger partial charge in [-0.1, -0.05) is 19.9 Å². The molecule has 38 heavy (non-hydrogen) atoms. The van der Waals surface area contributed by atoms with E-state index in [1.165, 1.54) is 18.2 Å². The van der Waals surface area contributed by atoms with E-state index in [4.69, 9.17) is 10.7 Å². The molecule has 0 bridgehead atoms. The highest BCUT2D eigenvalue weighted by molar-refractivity contribution is 7.90. The first-order chi connectivity index (χ1) is 18.1. The Balaban J connectivity index is 0.00000420. The number of amides is 1. The van der Waals surface area contributed by atoms with Crippen LogP contribution in [0.1, 0.15) is 69.4 Å². The van der Waals surface area contributed by atoms with Crippen LogP contribution in [0.15, 0.2) is 53.7 Å². The third-order valence-electron chi connectivity index (χ3n) is 6.96. The van der Waals surface area contributed by atoms with Crippen LogP contribution in [0.2, 0.25) is 0 Å². The molecule has 0 spiro atoms. The molecule has 0 unspecified atom stereocenters. The lowest BCUT2D eigenvalue weighted by Gasteiger charge is -2.29. The molecule has 210 valence electrons. The second kappa shape index (κ2) is 11.3. The number of rotatable bonds is 9. The largest absolute Gasteiger partial charge is 0.384 e. The lowest BCUT2D eigenvalue weighted by atomic mass is 10.1. The zero-order valence-corrected chi connectivity index (χ0v) is 23.0. The van der Waals surface area contributed by atoms with Gasteiger partial charge in [0, 0.05) is 35.6 Å². The molecule has 0 saturated carbocycles. The number of nitrogens with zero attached hydrogens (tertiary/aromatic N) is 4. The summed E-state index contributed by atoms with van der Waals surface area (Å²) in [5.41, 5.74) is 7.25. The van der Waals surface area contributed by atoms with Gasteiger partial charge in [0.15, 0.2) is 5.03 Å². The molecule has 3 aromatic rings. The van der Waals surface area contributed by atoms with Gasteiger partial charge in [0.05, 0.1) is 11.3 Å². The van der Waals surface area contributed by atoms with E-state index < -0.39 is 15.9 Å². The number of aromatic nitrogens is 3. The topological polar surface area (TPSA) is 143 Å². The van der Waals surface area contributed by atoms with Gasteiger partial charge in [-0.05, 0) is 75.9 Å². The third-order valence-corrected chi connectivity index (χ3v) is 8.19. The quantitative estimate of drug-likeness (QED) is 0.330. The van der Waals surface area contributed by atoms with E-state index in [0.717, 1.165) is 37.1 Å². The Hall–Kier alpha value is -3.73. The highest BCUT2D eigenvalue weighted by atomic mass is 32.2. The van der Waals surface area contributed by atoms with Crippen molar-refractivity contribution < 1.29 is 18.9 Å². The van der Waals surface area contributed by atoms with Gasteiger partial charge < -0.3 is 16.0 Å². The van der Waals surface area contributed by atoms with Crippen LogP contribution in [0.3, 0.4) is 0 Å². The number of anilines is 3. The summed E-state index contributed by atoms with van der Waals surface area (Å²) in [6, 6.07) is 12.0. The van der Waals surface area contributed by atoms with Crippen molar-refractivity contribution >= 4 is 33.4 Å². The van der Waals surface area contributed by atoms with E-state index >= 15 is 0 Å². The molecule has 1 aliphatic rings. The lowest BCUT2D eigenvalue weighted by molar-refractivity contribution is 0.0981. The minimum absolute atomic E-state index is 0. The second-order valence-electron chi connectivity index (χ2n) is 9.68. The molecule has 10 nitrogen and oxygen atoms in total. The SMILES string of the molecule is CCC(CC)Nc1ccc(-c2ccc(C(=O)NS(=O)(=O)c3cccc(N)n3)c(N3[C@H](C)CC[C@@H]3C)n2)cn1.[HH].[HH].[HH].[HH]. The summed E-state index contributed by atoms with van der Waals surface area (Å²) in [4.78, 5) is 28.7. The summed E-state index contributed by atoms with van der Waals surface area (Å²) in [5.74, 6) is 0.493. The maximum Gasteiger partial charge on any atom is 0.281 e. The van der Waals surface area contributed by atoms with Gasteiger partial charge in [-0.15, -0.1) is 0 Å². The Morgan fingerprint density at radius 3 is 2.39 bits per heavy atom. The molecular formula is C27H43N7O3S. The number of pyridine rings is 3. The van der Waals surface area contributed by atoms with Crippen LogP contribution in [0.5, 0.6) is 0 Å². The molecule has 1 saturated heterocycles. The predicted molar refractivity (Wildman–Crippen MR) is 158 cm³/mol.